The quantitative estimate of drug-likeness (QED) is 0.746. The Hall–Kier alpha value is -1.56. The molecule has 1 atom stereocenters. The maximum Gasteiger partial charge on any atom is 0.417 e. The number of alkyl halides is 3. The molecule has 0 radical (unpaired) electrons. The van der Waals surface area contributed by atoms with Crippen LogP contribution < -0.4 is 0 Å². The molecule has 1 aromatic carbocycles. The Morgan fingerprint density at radius 1 is 1.32 bits per heavy atom. The molecule has 0 aliphatic carbocycles. The molecule has 102 valence electrons. The lowest BCUT2D eigenvalue weighted by Gasteiger charge is -2.13. The van der Waals surface area contributed by atoms with Gasteiger partial charge >= 0.3 is 6.18 Å². The minimum Gasteiger partial charge on any atom is -0.285 e. The highest BCUT2D eigenvalue weighted by atomic mass is 35.5. The predicted octanol–water partition coefficient (Wildman–Crippen LogP) is 2.83. The predicted molar refractivity (Wildman–Crippen MR) is 61.6 cm³/mol. The van der Waals surface area contributed by atoms with Gasteiger partial charge in [-0.2, -0.15) is 13.2 Å². The molecule has 0 saturated carbocycles. The van der Waals surface area contributed by atoms with Crippen LogP contribution in [-0.4, -0.2) is 23.8 Å². The van der Waals surface area contributed by atoms with Crippen molar-refractivity contribution in [1.29, 1.82) is 0 Å². The first kappa shape index (κ1) is 13.9. The molecule has 0 bridgehead atoms. The van der Waals surface area contributed by atoms with Gasteiger partial charge in [0.1, 0.15) is 0 Å². The summed E-state index contributed by atoms with van der Waals surface area (Å²) in [6.07, 6.45) is -4.71. The van der Waals surface area contributed by atoms with Crippen LogP contribution in [0.5, 0.6) is 0 Å². The summed E-state index contributed by atoms with van der Waals surface area (Å²) in [6.45, 7) is 0. The maximum atomic E-state index is 12.7. The number of amides is 2. The standard InChI is InChI=1S/C12H9ClF3NO2/c1-17-10(18)5-7(11(17)19)6-2-3-9(13)8(4-6)12(14,15)16/h2-4,7H,5H2,1H3. The van der Waals surface area contributed by atoms with E-state index in [0.717, 1.165) is 17.0 Å². The minimum atomic E-state index is -4.59. The Morgan fingerprint density at radius 3 is 2.42 bits per heavy atom. The normalized spacial score (nSPS) is 20.3. The number of nitrogens with zero attached hydrogens (tertiary/aromatic N) is 1. The lowest BCUT2D eigenvalue weighted by atomic mass is 9.95. The molecular weight excluding hydrogens is 283 g/mol. The van der Waals surface area contributed by atoms with Crippen molar-refractivity contribution in [2.75, 3.05) is 7.05 Å². The Labute approximate surface area is 111 Å². The number of rotatable bonds is 1. The zero-order valence-corrected chi connectivity index (χ0v) is 10.5. The number of carbonyl (C=O) groups is 2. The molecule has 3 nitrogen and oxygen atoms in total. The van der Waals surface area contributed by atoms with Crippen LogP contribution in [0.15, 0.2) is 18.2 Å². The van der Waals surface area contributed by atoms with Crippen LogP contribution in [0.25, 0.3) is 0 Å². The first-order valence-corrected chi connectivity index (χ1v) is 5.76. The van der Waals surface area contributed by atoms with Gasteiger partial charge in [-0.05, 0) is 17.7 Å². The van der Waals surface area contributed by atoms with Gasteiger partial charge in [-0.15, -0.1) is 0 Å². The van der Waals surface area contributed by atoms with Crippen LogP contribution in [0.4, 0.5) is 13.2 Å². The molecule has 1 saturated heterocycles. The Morgan fingerprint density at radius 2 is 1.95 bits per heavy atom. The van der Waals surface area contributed by atoms with Crippen LogP contribution in [0, 0.1) is 0 Å². The van der Waals surface area contributed by atoms with Crippen molar-refractivity contribution in [2.24, 2.45) is 0 Å². The fourth-order valence-corrected chi connectivity index (χ4v) is 2.22. The molecule has 2 rings (SSSR count). The zero-order chi connectivity index (χ0) is 14.4. The molecule has 7 heteroatoms. The second-order valence-electron chi connectivity index (χ2n) is 4.28. The first-order valence-electron chi connectivity index (χ1n) is 5.39. The fourth-order valence-electron chi connectivity index (χ4n) is 1.99. The molecule has 0 aromatic heterocycles. The van der Waals surface area contributed by atoms with Crippen LogP contribution >= 0.6 is 11.6 Å². The average Bonchev–Trinajstić information content (AvgIpc) is 2.56. The number of hydrogen-bond donors (Lipinski definition) is 0. The highest BCUT2D eigenvalue weighted by Gasteiger charge is 2.39. The maximum absolute atomic E-state index is 12.7. The lowest BCUT2D eigenvalue weighted by molar-refractivity contribution is -0.138. The summed E-state index contributed by atoms with van der Waals surface area (Å²) in [4.78, 5) is 24.0. The highest BCUT2D eigenvalue weighted by molar-refractivity contribution is 6.31. The van der Waals surface area contributed by atoms with E-state index in [1.807, 2.05) is 0 Å². The third-order valence-electron chi connectivity index (χ3n) is 3.08. The van der Waals surface area contributed by atoms with Crippen molar-refractivity contribution >= 4 is 23.4 Å². The number of carbonyl (C=O) groups excluding carboxylic acids is 2. The summed E-state index contributed by atoms with van der Waals surface area (Å²) >= 11 is 5.50. The van der Waals surface area contributed by atoms with Gasteiger partial charge in [-0.1, -0.05) is 17.7 Å². The summed E-state index contributed by atoms with van der Waals surface area (Å²) in [5.41, 5.74) is -0.846. The average molecular weight is 292 g/mol. The Kier molecular flexibility index (Phi) is 3.30. The molecule has 1 aliphatic rings. The van der Waals surface area contributed by atoms with Crippen molar-refractivity contribution in [2.45, 2.75) is 18.5 Å². The molecular formula is C12H9ClF3NO2. The van der Waals surface area contributed by atoms with Crippen molar-refractivity contribution in [1.82, 2.24) is 4.90 Å². The summed E-state index contributed by atoms with van der Waals surface area (Å²) < 4.78 is 38.2. The van der Waals surface area contributed by atoms with Gasteiger partial charge in [0.2, 0.25) is 11.8 Å². The number of hydrogen-bond acceptors (Lipinski definition) is 2. The van der Waals surface area contributed by atoms with Gasteiger partial charge in [0.15, 0.2) is 0 Å². The molecule has 19 heavy (non-hydrogen) atoms. The smallest absolute Gasteiger partial charge is 0.285 e. The van der Waals surface area contributed by atoms with Gasteiger partial charge < -0.3 is 0 Å². The van der Waals surface area contributed by atoms with Crippen LogP contribution in [0.3, 0.4) is 0 Å². The summed E-state index contributed by atoms with van der Waals surface area (Å²) in [7, 11) is 1.31. The van der Waals surface area contributed by atoms with E-state index in [2.05, 4.69) is 0 Å². The Balaban J connectivity index is 2.43. The van der Waals surface area contributed by atoms with Crippen LogP contribution in [0.2, 0.25) is 5.02 Å². The largest absolute Gasteiger partial charge is 0.417 e. The van der Waals surface area contributed by atoms with Gasteiger partial charge in [-0.25, -0.2) is 0 Å². The van der Waals surface area contributed by atoms with E-state index in [1.54, 1.807) is 0 Å². The lowest BCUT2D eigenvalue weighted by Crippen LogP contribution is -2.25. The monoisotopic (exact) mass is 291 g/mol. The Bertz CT molecular complexity index is 556. The van der Waals surface area contributed by atoms with Gasteiger partial charge in [0, 0.05) is 13.5 Å². The highest BCUT2D eigenvalue weighted by Crippen LogP contribution is 2.38. The van der Waals surface area contributed by atoms with Gasteiger partial charge in [0.05, 0.1) is 16.5 Å². The number of likely N-dealkylation sites (tertiary alicyclic amines) is 1. The minimum absolute atomic E-state index is 0.117. The first-order chi connectivity index (χ1) is 8.71. The third-order valence-corrected chi connectivity index (χ3v) is 3.41. The number of likely N-dealkylation sites (N-methyl/N-ethyl adjacent to an activating group) is 1. The third kappa shape index (κ3) is 2.45. The van der Waals surface area contributed by atoms with Crippen LogP contribution in [0.1, 0.15) is 23.5 Å². The molecule has 0 N–H and O–H groups in total. The van der Waals surface area contributed by atoms with E-state index < -0.39 is 34.5 Å². The topological polar surface area (TPSA) is 37.4 Å². The molecule has 1 heterocycles. The van der Waals surface area contributed by atoms with Gasteiger partial charge in [0.25, 0.3) is 0 Å². The van der Waals surface area contributed by atoms with E-state index in [1.165, 1.54) is 13.1 Å². The summed E-state index contributed by atoms with van der Waals surface area (Å²) in [5.74, 6) is -1.77. The van der Waals surface area contributed by atoms with E-state index in [0.29, 0.717) is 0 Å². The second-order valence-corrected chi connectivity index (χ2v) is 4.69. The zero-order valence-electron chi connectivity index (χ0n) is 9.79. The van der Waals surface area contributed by atoms with Gasteiger partial charge in [-0.3, -0.25) is 14.5 Å². The molecule has 1 unspecified atom stereocenters. The molecule has 2 amide bonds. The second kappa shape index (κ2) is 4.52. The van der Waals surface area contributed by atoms with Crippen LogP contribution in [-0.2, 0) is 15.8 Å². The number of benzene rings is 1. The molecule has 1 aromatic rings. The molecule has 0 spiro atoms. The van der Waals surface area contributed by atoms with Crippen molar-refractivity contribution in [3.05, 3.63) is 34.3 Å². The molecule has 1 aliphatic heterocycles. The van der Waals surface area contributed by atoms with Crippen molar-refractivity contribution < 1.29 is 22.8 Å². The number of halogens is 4. The van der Waals surface area contributed by atoms with E-state index in [-0.39, 0.29) is 12.0 Å². The summed E-state index contributed by atoms with van der Waals surface area (Å²) in [5, 5.41) is -0.429. The SMILES string of the molecule is CN1C(=O)CC(c2ccc(Cl)c(C(F)(F)F)c2)C1=O. The van der Waals surface area contributed by atoms with E-state index in [4.69, 9.17) is 11.6 Å². The van der Waals surface area contributed by atoms with E-state index in [9.17, 15) is 22.8 Å². The summed E-state index contributed by atoms with van der Waals surface area (Å²) in [6, 6.07) is 3.26. The van der Waals surface area contributed by atoms with Crippen molar-refractivity contribution in [3.63, 3.8) is 0 Å². The number of imide groups is 1. The molecule has 1 fully saturated rings. The van der Waals surface area contributed by atoms with Crippen molar-refractivity contribution in [3.8, 4) is 0 Å². The van der Waals surface area contributed by atoms with E-state index >= 15 is 0 Å². The fraction of sp³-hybridized carbons (Fsp3) is 0.333.